The van der Waals surface area contributed by atoms with Crippen LogP contribution in [0.1, 0.15) is 65.1 Å². The number of nitrogens with one attached hydrogen (secondary N) is 1. The lowest BCUT2D eigenvalue weighted by atomic mass is 9.96. The normalized spacial score (nSPS) is 18.6. The van der Waals surface area contributed by atoms with Crippen molar-refractivity contribution in [3.8, 4) is 0 Å². The van der Waals surface area contributed by atoms with Gasteiger partial charge in [0.1, 0.15) is 11.6 Å². The number of carbonyl (C=O) groups is 1. The van der Waals surface area contributed by atoms with Crippen molar-refractivity contribution >= 4 is 5.91 Å². The minimum Gasteiger partial charge on any atom is -0.444 e. The number of carbonyl (C=O) groups excluding carboxylic acids is 1. The van der Waals surface area contributed by atoms with Crippen LogP contribution in [0.15, 0.2) is 16.8 Å². The standard InChI is InChI=1S/C20H27N5O2/c1-13-14(2)27-18(24-13)12-25-7-5-15(6-8-25)9-23-20(26)17-10-21-19(22-11-17)16-3-4-16/h10-11,15-16H,3-9,12H2,1-2H3,(H,23,26). The van der Waals surface area contributed by atoms with Crippen LogP contribution in [-0.4, -0.2) is 45.4 Å². The molecule has 144 valence electrons. The molecule has 1 saturated carbocycles. The summed E-state index contributed by atoms with van der Waals surface area (Å²) in [4.78, 5) is 27.8. The molecule has 1 saturated heterocycles. The highest BCUT2D eigenvalue weighted by Gasteiger charge is 2.26. The van der Waals surface area contributed by atoms with Crippen LogP contribution < -0.4 is 5.32 Å². The predicted octanol–water partition coefficient (Wildman–Crippen LogP) is 2.60. The van der Waals surface area contributed by atoms with Crippen molar-refractivity contribution in [2.24, 2.45) is 5.92 Å². The third-order valence-electron chi connectivity index (χ3n) is 5.57. The maximum absolute atomic E-state index is 12.3. The van der Waals surface area contributed by atoms with Crippen molar-refractivity contribution in [1.82, 2.24) is 25.2 Å². The van der Waals surface area contributed by atoms with Gasteiger partial charge in [-0.25, -0.2) is 15.0 Å². The number of oxazole rings is 1. The van der Waals surface area contributed by atoms with Crippen molar-refractivity contribution in [1.29, 1.82) is 0 Å². The molecule has 4 rings (SSSR count). The van der Waals surface area contributed by atoms with E-state index in [0.29, 0.717) is 23.9 Å². The molecule has 2 fully saturated rings. The van der Waals surface area contributed by atoms with E-state index in [1.54, 1.807) is 12.4 Å². The van der Waals surface area contributed by atoms with E-state index in [0.717, 1.165) is 55.6 Å². The van der Waals surface area contributed by atoms with Gasteiger partial charge in [-0.2, -0.15) is 0 Å². The molecule has 1 aliphatic heterocycles. The van der Waals surface area contributed by atoms with E-state index < -0.39 is 0 Å². The monoisotopic (exact) mass is 369 g/mol. The van der Waals surface area contributed by atoms with E-state index in [2.05, 4.69) is 25.2 Å². The van der Waals surface area contributed by atoms with Crippen LogP contribution in [0.2, 0.25) is 0 Å². The van der Waals surface area contributed by atoms with E-state index >= 15 is 0 Å². The molecule has 1 aliphatic carbocycles. The molecule has 7 heteroatoms. The first-order valence-corrected chi connectivity index (χ1v) is 9.84. The van der Waals surface area contributed by atoms with Gasteiger partial charge in [-0.1, -0.05) is 0 Å². The summed E-state index contributed by atoms with van der Waals surface area (Å²) >= 11 is 0. The second-order valence-corrected chi connectivity index (χ2v) is 7.78. The van der Waals surface area contributed by atoms with E-state index in [-0.39, 0.29) is 5.91 Å². The number of nitrogens with zero attached hydrogens (tertiary/aromatic N) is 4. The number of aromatic nitrogens is 3. The molecular weight excluding hydrogens is 342 g/mol. The number of hydrogen-bond acceptors (Lipinski definition) is 6. The second-order valence-electron chi connectivity index (χ2n) is 7.78. The Balaban J connectivity index is 1.20. The molecule has 0 aromatic carbocycles. The quantitative estimate of drug-likeness (QED) is 0.843. The highest BCUT2D eigenvalue weighted by atomic mass is 16.4. The lowest BCUT2D eigenvalue weighted by Gasteiger charge is -2.31. The molecule has 0 unspecified atom stereocenters. The Morgan fingerprint density at radius 1 is 1.19 bits per heavy atom. The topological polar surface area (TPSA) is 84.2 Å². The summed E-state index contributed by atoms with van der Waals surface area (Å²) in [6, 6.07) is 0. The highest BCUT2D eigenvalue weighted by Crippen LogP contribution is 2.37. The van der Waals surface area contributed by atoms with Gasteiger partial charge in [-0.3, -0.25) is 9.69 Å². The van der Waals surface area contributed by atoms with Gasteiger partial charge in [-0.05, 0) is 58.5 Å². The predicted molar refractivity (Wildman–Crippen MR) is 100 cm³/mol. The van der Waals surface area contributed by atoms with E-state index in [9.17, 15) is 4.79 Å². The molecule has 2 aromatic rings. The van der Waals surface area contributed by atoms with Crippen LogP contribution in [0.4, 0.5) is 0 Å². The Labute approximate surface area is 159 Å². The van der Waals surface area contributed by atoms with Gasteiger partial charge < -0.3 is 9.73 Å². The van der Waals surface area contributed by atoms with Gasteiger partial charge in [0.25, 0.3) is 5.91 Å². The smallest absolute Gasteiger partial charge is 0.254 e. The molecular formula is C20H27N5O2. The number of hydrogen-bond donors (Lipinski definition) is 1. The summed E-state index contributed by atoms with van der Waals surface area (Å²) in [5.74, 6) is 3.50. The third-order valence-corrected chi connectivity index (χ3v) is 5.57. The number of aryl methyl sites for hydroxylation is 2. The Hall–Kier alpha value is -2.28. The van der Waals surface area contributed by atoms with Crippen LogP contribution in [0, 0.1) is 19.8 Å². The maximum Gasteiger partial charge on any atom is 0.254 e. The lowest BCUT2D eigenvalue weighted by Crippen LogP contribution is -2.38. The minimum atomic E-state index is -0.0782. The summed E-state index contributed by atoms with van der Waals surface area (Å²) in [7, 11) is 0. The summed E-state index contributed by atoms with van der Waals surface area (Å²) in [5, 5.41) is 3.04. The molecule has 1 amide bonds. The third kappa shape index (κ3) is 4.53. The number of piperidine rings is 1. The zero-order chi connectivity index (χ0) is 18.8. The molecule has 0 bridgehead atoms. The van der Waals surface area contributed by atoms with Gasteiger partial charge in [-0.15, -0.1) is 0 Å². The average Bonchev–Trinajstić information content (AvgIpc) is 3.47. The first-order valence-electron chi connectivity index (χ1n) is 9.84. The molecule has 0 atom stereocenters. The zero-order valence-corrected chi connectivity index (χ0v) is 16.1. The first kappa shape index (κ1) is 18.1. The number of likely N-dealkylation sites (tertiary alicyclic amines) is 1. The molecule has 7 nitrogen and oxygen atoms in total. The Morgan fingerprint density at radius 3 is 2.48 bits per heavy atom. The van der Waals surface area contributed by atoms with Crippen molar-refractivity contribution in [2.75, 3.05) is 19.6 Å². The second kappa shape index (κ2) is 7.76. The SMILES string of the molecule is Cc1nc(CN2CCC(CNC(=O)c3cnc(C4CC4)nc3)CC2)oc1C. The molecule has 0 radical (unpaired) electrons. The van der Waals surface area contributed by atoms with Crippen LogP contribution in [0.3, 0.4) is 0 Å². The van der Waals surface area contributed by atoms with E-state index in [1.807, 2.05) is 13.8 Å². The van der Waals surface area contributed by atoms with Crippen molar-refractivity contribution in [3.05, 3.63) is 41.1 Å². The minimum absolute atomic E-state index is 0.0782. The fourth-order valence-corrected chi connectivity index (χ4v) is 3.49. The van der Waals surface area contributed by atoms with Crippen molar-refractivity contribution < 1.29 is 9.21 Å². The molecule has 2 aliphatic rings. The Morgan fingerprint density at radius 2 is 1.89 bits per heavy atom. The van der Waals surface area contributed by atoms with Gasteiger partial charge in [0.15, 0.2) is 0 Å². The highest BCUT2D eigenvalue weighted by molar-refractivity contribution is 5.93. The first-order chi connectivity index (χ1) is 13.1. The molecule has 1 N–H and O–H groups in total. The fraction of sp³-hybridized carbons (Fsp3) is 0.600. The lowest BCUT2D eigenvalue weighted by molar-refractivity contribution is 0.0933. The average molecular weight is 369 g/mol. The summed E-state index contributed by atoms with van der Waals surface area (Å²) in [6.07, 6.45) is 7.77. The van der Waals surface area contributed by atoms with Gasteiger partial charge in [0.05, 0.1) is 17.8 Å². The van der Waals surface area contributed by atoms with Crippen molar-refractivity contribution in [3.63, 3.8) is 0 Å². The molecule has 3 heterocycles. The van der Waals surface area contributed by atoms with E-state index in [4.69, 9.17) is 4.42 Å². The van der Waals surface area contributed by atoms with Gasteiger partial charge in [0, 0.05) is 24.9 Å². The van der Waals surface area contributed by atoms with Gasteiger partial charge >= 0.3 is 0 Å². The van der Waals surface area contributed by atoms with Crippen LogP contribution >= 0.6 is 0 Å². The number of rotatable bonds is 6. The Kier molecular flexibility index (Phi) is 5.20. The fourth-order valence-electron chi connectivity index (χ4n) is 3.49. The molecule has 27 heavy (non-hydrogen) atoms. The van der Waals surface area contributed by atoms with Crippen molar-refractivity contribution in [2.45, 2.75) is 52.0 Å². The summed E-state index contributed by atoms with van der Waals surface area (Å²) in [6.45, 7) is 7.39. The maximum atomic E-state index is 12.3. The van der Waals surface area contributed by atoms with Crippen LogP contribution in [0.5, 0.6) is 0 Å². The molecule has 0 spiro atoms. The van der Waals surface area contributed by atoms with Gasteiger partial charge in [0.2, 0.25) is 5.89 Å². The summed E-state index contributed by atoms with van der Waals surface area (Å²) in [5.41, 5.74) is 1.52. The van der Waals surface area contributed by atoms with Crippen LogP contribution in [-0.2, 0) is 6.54 Å². The Bertz CT molecular complexity index is 770. The van der Waals surface area contributed by atoms with Crippen LogP contribution in [0.25, 0.3) is 0 Å². The number of amides is 1. The largest absolute Gasteiger partial charge is 0.444 e. The molecule has 2 aromatic heterocycles. The zero-order valence-electron chi connectivity index (χ0n) is 16.1. The summed E-state index contributed by atoms with van der Waals surface area (Å²) < 4.78 is 5.68. The van der Waals surface area contributed by atoms with E-state index in [1.165, 1.54) is 12.8 Å².